The highest BCUT2D eigenvalue weighted by Gasteiger charge is 2.27. The Morgan fingerprint density at radius 2 is 1.78 bits per heavy atom. The molecule has 0 saturated heterocycles. The predicted molar refractivity (Wildman–Crippen MR) is 90.3 cm³/mol. The number of sulfonamides is 1. The van der Waals surface area contributed by atoms with Crippen LogP contribution in [0.5, 0.6) is 11.5 Å². The highest BCUT2D eigenvalue weighted by Crippen LogP contribution is 2.31. The van der Waals surface area contributed by atoms with Gasteiger partial charge in [-0.1, -0.05) is 28.1 Å². The fourth-order valence-electron chi connectivity index (χ4n) is 2.32. The Morgan fingerprint density at radius 1 is 1.13 bits per heavy atom. The van der Waals surface area contributed by atoms with Crippen LogP contribution in [-0.2, 0) is 10.0 Å². The van der Waals surface area contributed by atoms with E-state index in [4.69, 9.17) is 9.47 Å². The van der Waals surface area contributed by atoms with Gasteiger partial charge in [-0.15, -0.1) is 0 Å². The maximum absolute atomic E-state index is 12.6. The summed E-state index contributed by atoms with van der Waals surface area (Å²) in [5, 5.41) is 0. The summed E-state index contributed by atoms with van der Waals surface area (Å²) in [4.78, 5) is 0.250. The van der Waals surface area contributed by atoms with E-state index >= 15 is 0 Å². The predicted octanol–water partition coefficient (Wildman–Crippen LogP) is 2.91. The average Bonchev–Trinajstić information content (AvgIpc) is 2.55. The number of hydrogen-bond donors (Lipinski definition) is 0. The van der Waals surface area contributed by atoms with E-state index in [2.05, 4.69) is 15.9 Å². The number of fused-ring (bicyclic) bond motifs is 1. The van der Waals surface area contributed by atoms with E-state index in [-0.39, 0.29) is 17.5 Å². The Labute approximate surface area is 144 Å². The second-order valence-corrected chi connectivity index (χ2v) is 8.20. The van der Waals surface area contributed by atoms with Crippen LogP contribution in [0.25, 0.3) is 0 Å². The standard InChI is InChI=1S/C16H16BrNO4S/c1-18(23(19,20)14-8-6-12(17)7-9-14)10-13-11-21-15-4-2-3-5-16(15)22-13/h2-9,13H,10-11H2,1H3. The van der Waals surface area contributed by atoms with Crippen LogP contribution in [0.15, 0.2) is 57.9 Å². The molecule has 0 aliphatic carbocycles. The number of likely N-dealkylation sites (N-methyl/N-ethyl adjacent to an activating group) is 1. The first-order valence-electron chi connectivity index (χ1n) is 7.07. The Bertz CT molecular complexity index is 792. The topological polar surface area (TPSA) is 55.8 Å². The molecule has 1 unspecified atom stereocenters. The summed E-state index contributed by atoms with van der Waals surface area (Å²) >= 11 is 3.30. The molecule has 0 fully saturated rings. The van der Waals surface area contributed by atoms with Crippen molar-refractivity contribution in [3.8, 4) is 11.5 Å². The highest BCUT2D eigenvalue weighted by atomic mass is 79.9. The SMILES string of the molecule is CN(CC1COc2ccccc2O1)S(=O)(=O)c1ccc(Br)cc1. The quantitative estimate of drug-likeness (QED) is 0.795. The number of hydrogen-bond acceptors (Lipinski definition) is 4. The van der Waals surface area contributed by atoms with Gasteiger partial charge < -0.3 is 9.47 Å². The van der Waals surface area contributed by atoms with Crippen molar-refractivity contribution in [2.45, 2.75) is 11.0 Å². The molecule has 122 valence electrons. The van der Waals surface area contributed by atoms with E-state index < -0.39 is 10.0 Å². The third-order valence-electron chi connectivity index (χ3n) is 3.55. The fraction of sp³-hybridized carbons (Fsp3) is 0.250. The molecule has 5 nitrogen and oxygen atoms in total. The van der Waals surface area contributed by atoms with Crippen LogP contribution in [0.3, 0.4) is 0 Å². The number of ether oxygens (including phenoxy) is 2. The van der Waals surface area contributed by atoms with Crippen molar-refractivity contribution >= 4 is 26.0 Å². The third kappa shape index (κ3) is 3.52. The van der Waals surface area contributed by atoms with Gasteiger partial charge in [-0.25, -0.2) is 8.42 Å². The minimum Gasteiger partial charge on any atom is -0.486 e. The van der Waals surface area contributed by atoms with E-state index in [0.717, 1.165) is 4.47 Å². The molecule has 3 rings (SSSR count). The molecule has 0 aromatic heterocycles. The molecule has 2 aromatic carbocycles. The van der Waals surface area contributed by atoms with Gasteiger partial charge in [0.15, 0.2) is 11.5 Å². The van der Waals surface area contributed by atoms with Gasteiger partial charge in [-0.3, -0.25) is 0 Å². The number of para-hydroxylation sites is 2. The van der Waals surface area contributed by atoms with Crippen molar-refractivity contribution in [1.29, 1.82) is 0 Å². The monoisotopic (exact) mass is 397 g/mol. The number of benzene rings is 2. The minimum atomic E-state index is -3.56. The molecule has 0 saturated carbocycles. The van der Waals surface area contributed by atoms with Gasteiger partial charge in [0.25, 0.3) is 0 Å². The van der Waals surface area contributed by atoms with E-state index in [1.54, 1.807) is 31.3 Å². The van der Waals surface area contributed by atoms with E-state index in [0.29, 0.717) is 18.1 Å². The molecular formula is C16H16BrNO4S. The lowest BCUT2D eigenvalue weighted by Crippen LogP contribution is -2.41. The normalized spacial score (nSPS) is 17.3. The first-order chi connectivity index (χ1) is 11.0. The fourth-order valence-corrected chi connectivity index (χ4v) is 3.79. The molecule has 1 heterocycles. The Hall–Kier alpha value is -1.57. The third-order valence-corrected chi connectivity index (χ3v) is 5.92. The van der Waals surface area contributed by atoms with E-state index in [1.165, 1.54) is 4.31 Å². The molecule has 1 aliphatic rings. The molecule has 0 N–H and O–H groups in total. The van der Waals surface area contributed by atoms with Crippen LogP contribution in [0.2, 0.25) is 0 Å². The van der Waals surface area contributed by atoms with E-state index in [9.17, 15) is 8.42 Å². The summed E-state index contributed by atoms with van der Waals surface area (Å²) in [5.74, 6) is 1.32. The van der Waals surface area contributed by atoms with Crippen molar-refractivity contribution in [2.75, 3.05) is 20.2 Å². The lowest BCUT2D eigenvalue weighted by Gasteiger charge is -2.29. The summed E-state index contributed by atoms with van der Waals surface area (Å²) in [7, 11) is -2.01. The van der Waals surface area contributed by atoms with Crippen molar-refractivity contribution in [1.82, 2.24) is 4.31 Å². The first-order valence-corrected chi connectivity index (χ1v) is 9.30. The van der Waals surface area contributed by atoms with Crippen LogP contribution >= 0.6 is 15.9 Å². The second-order valence-electron chi connectivity index (χ2n) is 5.24. The zero-order chi connectivity index (χ0) is 16.4. The zero-order valence-electron chi connectivity index (χ0n) is 12.5. The summed E-state index contributed by atoms with van der Waals surface area (Å²) in [6.07, 6.45) is -0.347. The molecule has 1 aliphatic heterocycles. The lowest BCUT2D eigenvalue weighted by molar-refractivity contribution is 0.0798. The molecule has 0 radical (unpaired) electrons. The summed E-state index contributed by atoms with van der Waals surface area (Å²) < 4.78 is 38.7. The van der Waals surface area contributed by atoms with Gasteiger partial charge in [-0.2, -0.15) is 4.31 Å². The average molecular weight is 398 g/mol. The Morgan fingerprint density at radius 3 is 2.48 bits per heavy atom. The number of nitrogens with zero attached hydrogens (tertiary/aromatic N) is 1. The number of halogens is 1. The van der Waals surface area contributed by atoms with Gasteiger partial charge >= 0.3 is 0 Å². The lowest BCUT2D eigenvalue weighted by atomic mass is 10.2. The molecule has 2 aromatic rings. The molecule has 0 amide bonds. The van der Waals surface area contributed by atoms with Crippen LogP contribution in [0, 0.1) is 0 Å². The van der Waals surface area contributed by atoms with Crippen LogP contribution in [0.4, 0.5) is 0 Å². The van der Waals surface area contributed by atoms with Crippen LogP contribution in [-0.4, -0.2) is 39.0 Å². The van der Waals surface area contributed by atoms with Crippen molar-refractivity contribution in [2.24, 2.45) is 0 Å². The molecule has 23 heavy (non-hydrogen) atoms. The second kappa shape index (κ2) is 6.51. The first kappa shape index (κ1) is 16.3. The minimum absolute atomic E-state index is 0.215. The molecule has 0 spiro atoms. The Balaban J connectivity index is 1.72. The molecule has 7 heteroatoms. The van der Waals surface area contributed by atoms with Gasteiger partial charge in [-0.05, 0) is 36.4 Å². The van der Waals surface area contributed by atoms with Gasteiger partial charge in [0.2, 0.25) is 10.0 Å². The van der Waals surface area contributed by atoms with Crippen molar-refractivity contribution in [3.05, 3.63) is 53.0 Å². The number of rotatable bonds is 4. The Kier molecular flexibility index (Phi) is 4.61. The molecule has 0 bridgehead atoms. The van der Waals surface area contributed by atoms with E-state index in [1.807, 2.05) is 24.3 Å². The summed E-state index contributed by atoms with van der Waals surface area (Å²) in [6, 6.07) is 13.9. The maximum Gasteiger partial charge on any atom is 0.242 e. The highest BCUT2D eigenvalue weighted by molar-refractivity contribution is 9.10. The van der Waals surface area contributed by atoms with Gasteiger partial charge in [0, 0.05) is 11.5 Å². The van der Waals surface area contributed by atoms with Crippen LogP contribution < -0.4 is 9.47 Å². The molecular weight excluding hydrogens is 382 g/mol. The zero-order valence-corrected chi connectivity index (χ0v) is 14.9. The smallest absolute Gasteiger partial charge is 0.242 e. The van der Waals surface area contributed by atoms with Crippen LogP contribution in [0.1, 0.15) is 0 Å². The summed E-state index contributed by atoms with van der Waals surface area (Å²) in [6.45, 7) is 0.532. The van der Waals surface area contributed by atoms with Gasteiger partial charge in [0.1, 0.15) is 12.7 Å². The van der Waals surface area contributed by atoms with Crippen molar-refractivity contribution < 1.29 is 17.9 Å². The van der Waals surface area contributed by atoms with Crippen molar-refractivity contribution in [3.63, 3.8) is 0 Å². The molecule has 1 atom stereocenters. The largest absolute Gasteiger partial charge is 0.486 e. The summed E-state index contributed by atoms with van der Waals surface area (Å²) in [5.41, 5.74) is 0. The van der Waals surface area contributed by atoms with Gasteiger partial charge in [0.05, 0.1) is 11.4 Å². The maximum atomic E-state index is 12.6.